The number of piperidine rings is 1. The topological polar surface area (TPSA) is 36.4 Å². The lowest BCUT2D eigenvalue weighted by molar-refractivity contribution is -0.125. The predicted octanol–water partition coefficient (Wildman–Crippen LogP) is 3.75. The molecule has 4 rings (SSSR count). The molecule has 4 nitrogen and oxygen atoms in total. The highest BCUT2D eigenvalue weighted by Crippen LogP contribution is 2.39. The van der Waals surface area contributed by atoms with Crippen molar-refractivity contribution in [3.05, 3.63) is 71.8 Å². The number of rotatable bonds is 4. The molecule has 2 aliphatic heterocycles. The predicted molar refractivity (Wildman–Crippen MR) is 108 cm³/mol. The molecular weight excluding hydrogens is 353 g/mol. The average Bonchev–Trinajstić information content (AvgIpc) is 3.12. The number of benzene rings is 1. The van der Waals surface area contributed by atoms with Crippen LogP contribution >= 0.6 is 0 Å². The summed E-state index contributed by atoms with van der Waals surface area (Å²) in [5.41, 5.74) is 1.82. The van der Waals surface area contributed by atoms with E-state index in [1.165, 1.54) is 6.07 Å². The van der Waals surface area contributed by atoms with Crippen LogP contribution in [0.25, 0.3) is 6.08 Å². The van der Waals surface area contributed by atoms with Gasteiger partial charge in [0, 0.05) is 55.6 Å². The number of halogens is 1. The number of aromatic nitrogens is 1. The Labute approximate surface area is 165 Å². The van der Waals surface area contributed by atoms with Gasteiger partial charge >= 0.3 is 0 Å². The van der Waals surface area contributed by atoms with Crippen molar-refractivity contribution < 1.29 is 9.18 Å². The third-order valence-corrected chi connectivity index (χ3v) is 5.95. The van der Waals surface area contributed by atoms with Gasteiger partial charge in [-0.1, -0.05) is 24.3 Å². The first-order chi connectivity index (χ1) is 13.6. The summed E-state index contributed by atoms with van der Waals surface area (Å²) in [4.78, 5) is 21.0. The largest absolute Gasteiger partial charge is 0.339 e. The van der Waals surface area contributed by atoms with Crippen LogP contribution in [-0.2, 0) is 11.3 Å². The summed E-state index contributed by atoms with van der Waals surface area (Å²) in [5.74, 6) is -0.0714. The molecule has 1 amide bonds. The van der Waals surface area contributed by atoms with E-state index >= 15 is 0 Å². The average molecular weight is 379 g/mol. The van der Waals surface area contributed by atoms with E-state index in [9.17, 15) is 9.18 Å². The molecule has 0 unspecified atom stereocenters. The Bertz CT molecular complexity index is 854. The van der Waals surface area contributed by atoms with Gasteiger partial charge in [-0.25, -0.2) is 4.39 Å². The Morgan fingerprint density at radius 3 is 2.86 bits per heavy atom. The van der Waals surface area contributed by atoms with Gasteiger partial charge in [0.05, 0.1) is 0 Å². The van der Waals surface area contributed by atoms with Gasteiger partial charge < -0.3 is 4.90 Å². The zero-order chi connectivity index (χ0) is 19.4. The first-order valence-electron chi connectivity index (χ1n) is 9.96. The van der Waals surface area contributed by atoms with Crippen LogP contribution in [0.15, 0.2) is 54.9 Å². The molecule has 3 heterocycles. The number of hydrogen-bond acceptors (Lipinski definition) is 3. The summed E-state index contributed by atoms with van der Waals surface area (Å²) in [7, 11) is 0. The molecule has 1 spiro atoms. The van der Waals surface area contributed by atoms with Gasteiger partial charge in [-0.3, -0.25) is 14.7 Å². The second-order valence-electron chi connectivity index (χ2n) is 8.04. The van der Waals surface area contributed by atoms with Gasteiger partial charge in [0.1, 0.15) is 5.82 Å². The van der Waals surface area contributed by atoms with Gasteiger partial charge in [-0.05, 0) is 49.6 Å². The first-order valence-corrected chi connectivity index (χ1v) is 9.96. The number of carbonyl (C=O) groups excluding carboxylic acids is 1. The van der Waals surface area contributed by atoms with Gasteiger partial charge in [-0.2, -0.15) is 0 Å². The molecular formula is C23H26FN3O. The van der Waals surface area contributed by atoms with Crippen molar-refractivity contribution in [3.63, 3.8) is 0 Å². The Morgan fingerprint density at radius 2 is 2.04 bits per heavy atom. The molecule has 0 radical (unpaired) electrons. The molecule has 2 saturated heterocycles. The van der Waals surface area contributed by atoms with Crippen molar-refractivity contribution in [3.8, 4) is 0 Å². The molecule has 28 heavy (non-hydrogen) atoms. The Hall–Kier alpha value is -2.53. The minimum Gasteiger partial charge on any atom is -0.339 e. The van der Waals surface area contributed by atoms with E-state index in [-0.39, 0.29) is 17.1 Å². The molecule has 0 saturated carbocycles. The molecule has 1 atom stereocenters. The minimum absolute atomic E-state index is 0.0620. The monoisotopic (exact) mass is 379 g/mol. The van der Waals surface area contributed by atoms with E-state index in [0.717, 1.165) is 56.6 Å². The van der Waals surface area contributed by atoms with E-state index in [1.54, 1.807) is 24.5 Å². The van der Waals surface area contributed by atoms with Crippen molar-refractivity contribution in [1.82, 2.24) is 14.8 Å². The van der Waals surface area contributed by atoms with E-state index in [0.29, 0.717) is 6.54 Å². The molecule has 0 aliphatic carbocycles. The molecule has 2 fully saturated rings. The molecule has 2 aliphatic rings. The number of amides is 1. The van der Waals surface area contributed by atoms with E-state index in [4.69, 9.17) is 0 Å². The summed E-state index contributed by atoms with van der Waals surface area (Å²) >= 11 is 0. The first kappa shape index (κ1) is 18.8. The van der Waals surface area contributed by atoms with Crippen LogP contribution in [0.3, 0.4) is 0 Å². The molecule has 146 valence electrons. The number of hydrogen-bond donors (Lipinski definition) is 0. The Morgan fingerprint density at radius 1 is 1.14 bits per heavy atom. The quantitative estimate of drug-likeness (QED) is 0.759. The zero-order valence-corrected chi connectivity index (χ0v) is 16.1. The Kier molecular flexibility index (Phi) is 5.53. The van der Waals surface area contributed by atoms with Crippen LogP contribution in [0.2, 0.25) is 0 Å². The molecule has 1 aromatic carbocycles. The van der Waals surface area contributed by atoms with Gasteiger partial charge in [0.15, 0.2) is 0 Å². The SMILES string of the molecule is O=C(/C=C/c1cccnc1)N1CC[C@@]2(CCCN(Cc3ccccc3F)C2)C1. The standard InChI is InChI=1S/C23H26FN3O/c24-21-7-2-1-6-20(21)16-26-13-4-10-23(17-26)11-14-27(18-23)22(28)9-8-19-5-3-12-25-15-19/h1-3,5-9,12,15H,4,10-11,13-14,16-18H2/b9-8+/t23-/m1/s1. The fourth-order valence-corrected chi connectivity index (χ4v) is 4.52. The normalized spacial score (nSPS) is 23.0. The van der Waals surface area contributed by atoms with Crippen LogP contribution in [-0.4, -0.2) is 46.9 Å². The smallest absolute Gasteiger partial charge is 0.246 e. The van der Waals surface area contributed by atoms with Crippen LogP contribution < -0.4 is 0 Å². The number of pyridine rings is 1. The second kappa shape index (κ2) is 8.23. The van der Waals surface area contributed by atoms with Crippen molar-refractivity contribution in [2.24, 2.45) is 5.41 Å². The second-order valence-corrected chi connectivity index (χ2v) is 8.04. The maximum Gasteiger partial charge on any atom is 0.246 e. The maximum atomic E-state index is 14.0. The van der Waals surface area contributed by atoms with Crippen molar-refractivity contribution in [1.29, 1.82) is 0 Å². The summed E-state index contributed by atoms with van der Waals surface area (Å²) in [6.45, 7) is 4.15. The zero-order valence-electron chi connectivity index (χ0n) is 16.1. The fraction of sp³-hybridized carbons (Fsp3) is 0.391. The molecule has 5 heteroatoms. The summed E-state index contributed by atoms with van der Waals surface area (Å²) in [6.07, 6.45) is 10.2. The molecule has 0 N–H and O–H groups in total. The number of nitrogens with zero attached hydrogens (tertiary/aromatic N) is 3. The third kappa shape index (κ3) is 4.30. The lowest BCUT2D eigenvalue weighted by Gasteiger charge is -2.40. The van der Waals surface area contributed by atoms with E-state index < -0.39 is 0 Å². The lowest BCUT2D eigenvalue weighted by atomic mass is 9.79. The van der Waals surface area contributed by atoms with Gasteiger partial charge in [0.25, 0.3) is 0 Å². The molecule has 0 bridgehead atoms. The molecule has 2 aromatic rings. The van der Waals surface area contributed by atoms with Crippen molar-refractivity contribution >= 4 is 12.0 Å². The van der Waals surface area contributed by atoms with E-state index in [2.05, 4.69) is 9.88 Å². The van der Waals surface area contributed by atoms with Crippen LogP contribution in [0, 0.1) is 11.2 Å². The molecule has 1 aromatic heterocycles. The van der Waals surface area contributed by atoms with Crippen LogP contribution in [0.1, 0.15) is 30.4 Å². The lowest BCUT2D eigenvalue weighted by Crippen LogP contribution is -2.44. The summed E-state index contributed by atoms with van der Waals surface area (Å²) < 4.78 is 14.0. The highest BCUT2D eigenvalue weighted by atomic mass is 19.1. The minimum atomic E-state index is -0.133. The number of likely N-dealkylation sites (tertiary alicyclic amines) is 2. The third-order valence-electron chi connectivity index (χ3n) is 5.95. The maximum absolute atomic E-state index is 14.0. The van der Waals surface area contributed by atoms with E-state index in [1.807, 2.05) is 35.2 Å². The summed E-state index contributed by atoms with van der Waals surface area (Å²) in [5, 5.41) is 0. The van der Waals surface area contributed by atoms with Crippen molar-refractivity contribution in [2.75, 3.05) is 26.2 Å². The highest BCUT2D eigenvalue weighted by molar-refractivity contribution is 5.92. The van der Waals surface area contributed by atoms with Crippen molar-refractivity contribution in [2.45, 2.75) is 25.8 Å². The van der Waals surface area contributed by atoms with Crippen LogP contribution in [0.5, 0.6) is 0 Å². The Balaban J connectivity index is 1.37. The highest BCUT2D eigenvalue weighted by Gasteiger charge is 2.42. The van der Waals surface area contributed by atoms with Gasteiger partial charge in [0.2, 0.25) is 5.91 Å². The van der Waals surface area contributed by atoms with Gasteiger partial charge in [-0.15, -0.1) is 0 Å². The van der Waals surface area contributed by atoms with Crippen LogP contribution in [0.4, 0.5) is 4.39 Å². The summed E-state index contributed by atoms with van der Waals surface area (Å²) in [6, 6.07) is 10.8. The fourth-order valence-electron chi connectivity index (χ4n) is 4.52. The number of carbonyl (C=O) groups is 1.